The summed E-state index contributed by atoms with van der Waals surface area (Å²) in [6.07, 6.45) is 0.681. The van der Waals surface area contributed by atoms with Gasteiger partial charge in [0.2, 0.25) is 0 Å². The Morgan fingerprint density at radius 1 is 1.45 bits per heavy atom. The highest BCUT2D eigenvalue weighted by molar-refractivity contribution is 5.79. The molecular weight excluding hydrogens is 142 g/mol. The average molecular weight is 157 g/mol. The summed E-state index contributed by atoms with van der Waals surface area (Å²) in [5, 5.41) is 7.57. The molecule has 0 saturated carbocycles. The van der Waals surface area contributed by atoms with Gasteiger partial charge in [-0.25, -0.2) is 0 Å². The summed E-state index contributed by atoms with van der Waals surface area (Å²) in [5.41, 5.74) is 5.34. The number of nitrogens with one attached hydrogen (secondary N) is 1. The van der Waals surface area contributed by atoms with Crippen LogP contribution in [0, 0.1) is 5.41 Å². The van der Waals surface area contributed by atoms with Crippen LogP contribution in [0.25, 0.3) is 0 Å². The van der Waals surface area contributed by atoms with Gasteiger partial charge in [0.25, 0.3) is 0 Å². The lowest BCUT2D eigenvalue weighted by atomic mass is 10.3. The van der Waals surface area contributed by atoms with E-state index in [0.717, 1.165) is 26.3 Å². The molecule has 1 aliphatic rings. The van der Waals surface area contributed by atoms with Gasteiger partial charge in [-0.05, 0) is 6.54 Å². The van der Waals surface area contributed by atoms with E-state index >= 15 is 0 Å². The van der Waals surface area contributed by atoms with Crippen LogP contribution in [0.2, 0.25) is 0 Å². The van der Waals surface area contributed by atoms with E-state index in [4.69, 9.17) is 15.9 Å². The van der Waals surface area contributed by atoms with Crippen LogP contribution in [0.4, 0.5) is 0 Å². The largest absolute Gasteiger partial charge is 0.378 e. The second-order valence-electron chi connectivity index (χ2n) is 2.58. The van der Waals surface area contributed by atoms with Crippen molar-refractivity contribution in [2.45, 2.75) is 6.42 Å². The molecule has 0 aromatic heterocycles. The summed E-state index contributed by atoms with van der Waals surface area (Å²) in [6, 6.07) is 0. The molecule has 0 radical (unpaired) electrons. The van der Waals surface area contributed by atoms with Crippen molar-refractivity contribution in [2.75, 3.05) is 32.8 Å². The molecule has 1 fully saturated rings. The van der Waals surface area contributed by atoms with Gasteiger partial charge in [0, 0.05) is 19.5 Å². The zero-order chi connectivity index (χ0) is 8.10. The zero-order valence-corrected chi connectivity index (χ0v) is 6.68. The average Bonchev–Trinajstić information content (AvgIpc) is 2.07. The second-order valence-corrected chi connectivity index (χ2v) is 2.58. The maximum absolute atomic E-state index is 7.57. The summed E-state index contributed by atoms with van der Waals surface area (Å²) < 4.78 is 5.16. The van der Waals surface area contributed by atoms with Gasteiger partial charge in [-0.15, -0.1) is 0 Å². The van der Waals surface area contributed by atoms with Crippen molar-refractivity contribution >= 4 is 5.84 Å². The van der Waals surface area contributed by atoms with Gasteiger partial charge in [0.1, 0.15) is 0 Å². The van der Waals surface area contributed by atoms with E-state index in [2.05, 4.69) is 0 Å². The number of hydrogen-bond acceptors (Lipinski definition) is 3. The summed E-state index contributed by atoms with van der Waals surface area (Å²) >= 11 is 0. The smallest absolute Gasteiger partial charge is 0.0971 e. The van der Waals surface area contributed by atoms with Gasteiger partial charge in [-0.1, -0.05) is 0 Å². The monoisotopic (exact) mass is 157 g/mol. The molecule has 4 heteroatoms. The van der Waals surface area contributed by atoms with Crippen molar-refractivity contribution < 1.29 is 4.74 Å². The van der Waals surface area contributed by atoms with Gasteiger partial charge in [-0.3, -0.25) is 5.41 Å². The summed E-state index contributed by atoms with van der Waals surface area (Å²) in [6.45, 7) is 3.74. The molecule has 0 atom stereocenters. The lowest BCUT2D eigenvalue weighted by molar-refractivity contribution is 0.0669. The third-order valence-corrected chi connectivity index (χ3v) is 1.77. The first kappa shape index (κ1) is 8.49. The van der Waals surface area contributed by atoms with Gasteiger partial charge in [0.05, 0.1) is 19.0 Å². The standard InChI is InChI=1S/C7H15N3O/c8-2-1-7(9)10-3-5-11-6-4-10/h9H,1-6,8H2. The molecule has 11 heavy (non-hydrogen) atoms. The maximum Gasteiger partial charge on any atom is 0.0971 e. The molecule has 1 rings (SSSR count). The highest BCUT2D eigenvalue weighted by Gasteiger charge is 2.12. The molecule has 0 unspecified atom stereocenters. The van der Waals surface area contributed by atoms with Crippen LogP contribution in [-0.2, 0) is 4.74 Å². The second kappa shape index (κ2) is 4.31. The third-order valence-electron chi connectivity index (χ3n) is 1.77. The quantitative estimate of drug-likeness (QED) is 0.425. The Balaban J connectivity index is 2.27. The van der Waals surface area contributed by atoms with Gasteiger partial charge >= 0.3 is 0 Å². The fourth-order valence-corrected chi connectivity index (χ4v) is 1.13. The van der Waals surface area contributed by atoms with Gasteiger partial charge in [-0.2, -0.15) is 0 Å². The lowest BCUT2D eigenvalue weighted by Gasteiger charge is -2.28. The molecule has 0 amide bonds. The number of ether oxygens (including phenoxy) is 1. The molecule has 0 aromatic rings. The Morgan fingerprint density at radius 3 is 2.64 bits per heavy atom. The minimum absolute atomic E-state index is 0.566. The van der Waals surface area contributed by atoms with E-state index in [9.17, 15) is 0 Å². The van der Waals surface area contributed by atoms with Crippen molar-refractivity contribution in [3.63, 3.8) is 0 Å². The summed E-state index contributed by atoms with van der Waals surface area (Å²) in [5.74, 6) is 0.649. The predicted octanol–water partition coefficient (Wildman–Crippen LogP) is -0.355. The molecule has 0 aliphatic carbocycles. The Labute approximate surface area is 66.8 Å². The first-order valence-electron chi connectivity index (χ1n) is 3.95. The molecule has 4 nitrogen and oxygen atoms in total. The Hall–Kier alpha value is -0.610. The van der Waals surface area contributed by atoms with Crippen LogP contribution in [0.1, 0.15) is 6.42 Å². The van der Waals surface area contributed by atoms with Gasteiger partial charge < -0.3 is 15.4 Å². The van der Waals surface area contributed by atoms with Crippen LogP contribution in [0.5, 0.6) is 0 Å². The Bertz CT molecular complexity index is 132. The van der Waals surface area contributed by atoms with Gasteiger partial charge in [0.15, 0.2) is 0 Å². The highest BCUT2D eigenvalue weighted by Crippen LogP contribution is 1.99. The summed E-state index contributed by atoms with van der Waals surface area (Å²) in [4.78, 5) is 2.02. The number of amidine groups is 1. The lowest BCUT2D eigenvalue weighted by Crippen LogP contribution is -2.40. The first-order chi connectivity index (χ1) is 5.34. The molecule has 0 spiro atoms. The fourth-order valence-electron chi connectivity index (χ4n) is 1.13. The molecule has 0 bridgehead atoms. The SMILES string of the molecule is N=C(CCN)N1CCOCC1. The van der Waals surface area contributed by atoms with Crippen molar-refractivity contribution in [3.05, 3.63) is 0 Å². The van der Waals surface area contributed by atoms with Crippen LogP contribution in [-0.4, -0.2) is 43.6 Å². The number of rotatable bonds is 2. The molecule has 64 valence electrons. The minimum atomic E-state index is 0.566. The minimum Gasteiger partial charge on any atom is -0.378 e. The third kappa shape index (κ3) is 2.48. The zero-order valence-electron chi connectivity index (χ0n) is 6.68. The van der Waals surface area contributed by atoms with Crippen LogP contribution in [0.3, 0.4) is 0 Å². The normalized spacial score (nSPS) is 18.5. The molecule has 1 heterocycles. The molecular formula is C7H15N3O. The number of nitrogens with two attached hydrogens (primary N) is 1. The van der Waals surface area contributed by atoms with Crippen molar-refractivity contribution in [3.8, 4) is 0 Å². The Kier molecular flexibility index (Phi) is 3.32. The first-order valence-corrected chi connectivity index (χ1v) is 3.95. The van der Waals surface area contributed by atoms with E-state index < -0.39 is 0 Å². The molecule has 1 aliphatic heterocycles. The summed E-state index contributed by atoms with van der Waals surface area (Å²) in [7, 11) is 0. The number of hydrogen-bond donors (Lipinski definition) is 2. The molecule has 0 aromatic carbocycles. The number of morpholine rings is 1. The van der Waals surface area contributed by atoms with Crippen LogP contribution >= 0.6 is 0 Å². The maximum atomic E-state index is 7.57. The fraction of sp³-hybridized carbons (Fsp3) is 0.857. The van der Waals surface area contributed by atoms with Crippen LogP contribution < -0.4 is 5.73 Å². The molecule has 3 N–H and O–H groups in total. The van der Waals surface area contributed by atoms with Crippen molar-refractivity contribution in [1.82, 2.24) is 4.90 Å². The number of nitrogens with zero attached hydrogens (tertiary/aromatic N) is 1. The van der Waals surface area contributed by atoms with Crippen LogP contribution in [0.15, 0.2) is 0 Å². The van der Waals surface area contributed by atoms with E-state index in [1.165, 1.54) is 0 Å². The van der Waals surface area contributed by atoms with E-state index in [-0.39, 0.29) is 0 Å². The topological polar surface area (TPSA) is 62.3 Å². The van der Waals surface area contributed by atoms with Crippen molar-refractivity contribution in [2.24, 2.45) is 5.73 Å². The van der Waals surface area contributed by atoms with E-state index in [0.29, 0.717) is 18.8 Å². The Morgan fingerprint density at radius 2 is 2.09 bits per heavy atom. The van der Waals surface area contributed by atoms with E-state index in [1.807, 2.05) is 4.90 Å². The molecule has 1 saturated heterocycles. The van der Waals surface area contributed by atoms with Crippen molar-refractivity contribution in [1.29, 1.82) is 5.41 Å². The highest BCUT2D eigenvalue weighted by atomic mass is 16.5. The van der Waals surface area contributed by atoms with E-state index in [1.54, 1.807) is 0 Å². The predicted molar refractivity (Wildman–Crippen MR) is 43.8 cm³/mol.